The number of carboxylic acids is 1. The molecule has 128 valence electrons. The van der Waals surface area contributed by atoms with Crippen molar-refractivity contribution in [2.45, 2.75) is 38.5 Å². The topological polar surface area (TPSA) is 101 Å². The molecular weight excluding hydrogens is 342 g/mol. The fraction of sp³-hybridized carbons (Fsp3) is 0.467. The van der Waals surface area contributed by atoms with E-state index in [2.05, 4.69) is 4.72 Å². The number of hydrogen-bond donors (Lipinski definition) is 2. The van der Waals surface area contributed by atoms with E-state index in [0.29, 0.717) is 0 Å². The zero-order valence-electron chi connectivity index (χ0n) is 13.2. The van der Waals surface area contributed by atoms with Crippen LogP contribution in [0.2, 0.25) is 5.02 Å². The average molecular weight is 362 g/mol. The molecule has 0 aliphatic carbocycles. The van der Waals surface area contributed by atoms with Crippen LogP contribution in [0.15, 0.2) is 23.1 Å². The van der Waals surface area contributed by atoms with Gasteiger partial charge in [0.05, 0.1) is 11.4 Å². The van der Waals surface area contributed by atoms with Gasteiger partial charge in [-0.15, -0.1) is 0 Å². The Labute approximate surface area is 140 Å². The van der Waals surface area contributed by atoms with Gasteiger partial charge in [-0.2, -0.15) is 0 Å². The summed E-state index contributed by atoms with van der Waals surface area (Å²) < 4.78 is 27.1. The van der Waals surface area contributed by atoms with Crippen LogP contribution in [-0.2, 0) is 14.8 Å². The maximum absolute atomic E-state index is 12.3. The first-order valence-electron chi connectivity index (χ1n) is 6.96. The van der Waals surface area contributed by atoms with Crippen LogP contribution in [0.25, 0.3) is 0 Å². The van der Waals surface area contributed by atoms with Gasteiger partial charge in [0.1, 0.15) is 4.90 Å². The van der Waals surface area contributed by atoms with Crippen LogP contribution < -0.4 is 4.72 Å². The molecule has 0 unspecified atom stereocenters. The lowest BCUT2D eigenvalue weighted by Gasteiger charge is -2.19. The molecule has 23 heavy (non-hydrogen) atoms. The second-order valence-corrected chi connectivity index (χ2v) is 8.49. The van der Waals surface area contributed by atoms with Gasteiger partial charge in [0.2, 0.25) is 10.0 Å². The SMILES string of the molecule is CC(C)(C)CNS(=O)(=O)c1cc(C(=O)CCC(=O)O)ccc1Cl. The largest absolute Gasteiger partial charge is 0.481 e. The molecule has 8 heteroatoms. The van der Waals surface area contributed by atoms with Gasteiger partial charge in [0.15, 0.2) is 5.78 Å². The molecule has 6 nitrogen and oxygen atoms in total. The summed E-state index contributed by atoms with van der Waals surface area (Å²) in [5, 5.41) is 8.61. The molecule has 0 aromatic heterocycles. The minimum atomic E-state index is -3.86. The Morgan fingerprint density at radius 1 is 1.22 bits per heavy atom. The number of Topliss-reactive ketones (excluding diaryl/α,β-unsaturated/α-hetero) is 1. The number of carbonyl (C=O) groups excluding carboxylic acids is 1. The first-order chi connectivity index (χ1) is 10.4. The average Bonchev–Trinajstić information content (AvgIpc) is 2.42. The molecule has 0 aliphatic rings. The van der Waals surface area contributed by atoms with E-state index in [9.17, 15) is 18.0 Å². The highest BCUT2D eigenvalue weighted by atomic mass is 35.5. The van der Waals surface area contributed by atoms with E-state index >= 15 is 0 Å². The van der Waals surface area contributed by atoms with Crippen molar-refractivity contribution in [3.63, 3.8) is 0 Å². The van der Waals surface area contributed by atoms with Gasteiger partial charge in [-0.1, -0.05) is 32.4 Å². The second-order valence-electron chi connectivity index (χ2n) is 6.35. The maximum atomic E-state index is 12.3. The van der Waals surface area contributed by atoms with Crippen molar-refractivity contribution in [2.75, 3.05) is 6.54 Å². The molecule has 0 amide bonds. The maximum Gasteiger partial charge on any atom is 0.303 e. The highest BCUT2D eigenvalue weighted by molar-refractivity contribution is 7.89. The van der Waals surface area contributed by atoms with E-state index in [-0.39, 0.29) is 40.3 Å². The molecular formula is C15H20ClNO5S. The van der Waals surface area contributed by atoms with Crippen LogP contribution in [0.4, 0.5) is 0 Å². The summed E-state index contributed by atoms with van der Waals surface area (Å²) in [4.78, 5) is 22.3. The Bertz CT molecular complexity index is 707. The Balaban J connectivity index is 3.05. The second kappa shape index (κ2) is 7.42. The summed E-state index contributed by atoms with van der Waals surface area (Å²) in [6.45, 7) is 5.85. The number of nitrogens with one attached hydrogen (secondary N) is 1. The summed E-state index contributed by atoms with van der Waals surface area (Å²) in [7, 11) is -3.86. The van der Waals surface area contributed by atoms with Gasteiger partial charge >= 0.3 is 5.97 Å². The molecule has 0 spiro atoms. The molecule has 0 fully saturated rings. The van der Waals surface area contributed by atoms with E-state index in [1.807, 2.05) is 20.8 Å². The van der Waals surface area contributed by atoms with E-state index < -0.39 is 21.8 Å². The van der Waals surface area contributed by atoms with Crippen LogP contribution in [-0.4, -0.2) is 31.8 Å². The van der Waals surface area contributed by atoms with E-state index in [1.165, 1.54) is 18.2 Å². The minimum Gasteiger partial charge on any atom is -0.481 e. The molecule has 0 radical (unpaired) electrons. The zero-order chi connectivity index (χ0) is 17.8. The number of hydrogen-bond acceptors (Lipinski definition) is 4. The molecule has 0 saturated heterocycles. The number of carbonyl (C=O) groups is 2. The predicted octanol–water partition coefficient (Wildman–Crippen LogP) is 2.71. The molecule has 0 bridgehead atoms. The van der Waals surface area contributed by atoms with Crippen molar-refractivity contribution in [2.24, 2.45) is 5.41 Å². The van der Waals surface area contributed by atoms with Crippen LogP contribution in [0.5, 0.6) is 0 Å². The summed E-state index contributed by atoms with van der Waals surface area (Å²) in [5.74, 6) is -1.54. The number of sulfonamides is 1. The van der Waals surface area contributed by atoms with Gasteiger partial charge in [0, 0.05) is 18.5 Å². The van der Waals surface area contributed by atoms with Crippen LogP contribution in [0.3, 0.4) is 0 Å². The van der Waals surface area contributed by atoms with Crippen molar-refractivity contribution < 1.29 is 23.1 Å². The quantitative estimate of drug-likeness (QED) is 0.727. The predicted molar refractivity (Wildman–Crippen MR) is 87.3 cm³/mol. The third-order valence-electron chi connectivity index (χ3n) is 2.90. The van der Waals surface area contributed by atoms with Crippen molar-refractivity contribution in [1.82, 2.24) is 4.72 Å². The Morgan fingerprint density at radius 2 is 1.83 bits per heavy atom. The third-order valence-corrected chi connectivity index (χ3v) is 4.78. The van der Waals surface area contributed by atoms with Gasteiger partial charge < -0.3 is 5.11 Å². The lowest BCUT2D eigenvalue weighted by molar-refractivity contribution is -0.136. The standard InChI is InChI=1S/C15H20ClNO5S/c1-15(2,3)9-17-23(21,22)13-8-10(4-5-11(13)16)12(18)6-7-14(19)20/h4-5,8,17H,6-7,9H2,1-3H3,(H,19,20). The molecule has 2 N–H and O–H groups in total. The monoisotopic (exact) mass is 361 g/mol. The van der Waals surface area contributed by atoms with Gasteiger partial charge in [-0.3, -0.25) is 9.59 Å². The highest BCUT2D eigenvalue weighted by Crippen LogP contribution is 2.24. The lowest BCUT2D eigenvalue weighted by Crippen LogP contribution is -2.32. The smallest absolute Gasteiger partial charge is 0.303 e. The molecule has 1 aromatic rings. The molecule has 0 saturated carbocycles. The van der Waals surface area contributed by atoms with Gasteiger partial charge in [0.25, 0.3) is 0 Å². The van der Waals surface area contributed by atoms with E-state index in [0.717, 1.165) is 0 Å². The molecule has 1 rings (SSSR count). The van der Waals surface area contributed by atoms with Crippen LogP contribution in [0, 0.1) is 5.41 Å². The minimum absolute atomic E-state index is 0.00111. The van der Waals surface area contributed by atoms with Crippen molar-refractivity contribution in [3.8, 4) is 0 Å². The Hall–Kier alpha value is -1.44. The lowest BCUT2D eigenvalue weighted by atomic mass is 9.98. The highest BCUT2D eigenvalue weighted by Gasteiger charge is 2.22. The molecule has 0 aliphatic heterocycles. The molecule has 1 aromatic carbocycles. The number of halogens is 1. The summed E-state index contributed by atoms with van der Waals surface area (Å²) in [6.07, 6.45) is -0.516. The van der Waals surface area contributed by atoms with Crippen LogP contribution >= 0.6 is 11.6 Å². The fourth-order valence-corrected chi connectivity index (χ4v) is 3.44. The first kappa shape index (κ1) is 19.6. The summed E-state index contributed by atoms with van der Waals surface area (Å²) >= 11 is 5.94. The number of benzene rings is 1. The van der Waals surface area contributed by atoms with E-state index in [1.54, 1.807) is 0 Å². The number of ketones is 1. The number of aliphatic carboxylic acids is 1. The normalized spacial score (nSPS) is 12.2. The van der Waals surface area contributed by atoms with Gasteiger partial charge in [-0.05, 0) is 23.6 Å². The Kier molecular flexibility index (Phi) is 6.33. The summed E-state index contributed by atoms with van der Waals surface area (Å²) in [5.41, 5.74) is -0.138. The molecule has 0 heterocycles. The molecule has 0 atom stereocenters. The van der Waals surface area contributed by atoms with Crippen LogP contribution in [0.1, 0.15) is 44.0 Å². The number of carboxylic acid groups (broad SMARTS) is 1. The van der Waals surface area contributed by atoms with Crippen molar-refractivity contribution >= 4 is 33.4 Å². The number of rotatable bonds is 7. The van der Waals surface area contributed by atoms with Crippen molar-refractivity contribution in [3.05, 3.63) is 28.8 Å². The van der Waals surface area contributed by atoms with E-state index in [4.69, 9.17) is 16.7 Å². The zero-order valence-corrected chi connectivity index (χ0v) is 14.8. The Morgan fingerprint density at radius 3 is 2.35 bits per heavy atom. The van der Waals surface area contributed by atoms with Crippen molar-refractivity contribution in [1.29, 1.82) is 0 Å². The summed E-state index contributed by atoms with van der Waals surface area (Å²) in [6, 6.07) is 3.88. The fourth-order valence-electron chi connectivity index (χ4n) is 1.64. The van der Waals surface area contributed by atoms with Gasteiger partial charge in [-0.25, -0.2) is 13.1 Å². The third kappa shape index (κ3) is 6.29. The first-order valence-corrected chi connectivity index (χ1v) is 8.83.